The van der Waals surface area contributed by atoms with Gasteiger partial charge in [-0.15, -0.1) is 0 Å². The number of anilines is 1. The number of hydrogen-bond acceptors (Lipinski definition) is 4. The van der Waals surface area contributed by atoms with Crippen LogP contribution in [0.2, 0.25) is 5.02 Å². The second-order valence-electron chi connectivity index (χ2n) is 4.51. The SMILES string of the molecule is COc1ccc(NS(=O)(=O)C(C#N)=Cc2ccc(Cl)cc2)cc1. The fraction of sp³-hybridized carbons (Fsp3) is 0.0625. The van der Waals surface area contributed by atoms with Gasteiger partial charge in [-0.2, -0.15) is 5.26 Å². The van der Waals surface area contributed by atoms with Crippen LogP contribution in [-0.2, 0) is 10.0 Å². The number of rotatable bonds is 5. The van der Waals surface area contributed by atoms with Crippen LogP contribution in [0.15, 0.2) is 53.4 Å². The molecule has 1 N–H and O–H groups in total. The lowest BCUT2D eigenvalue weighted by Gasteiger charge is -2.08. The first kappa shape index (κ1) is 16.9. The van der Waals surface area contributed by atoms with Crippen molar-refractivity contribution in [3.63, 3.8) is 0 Å². The zero-order valence-corrected chi connectivity index (χ0v) is 13.7. The first-order chi connectivity index (χ1) is 10.9. The Morgan fingerprint density at radius 3 is 2.30 bits per heavy atom. The van der Waals surface area contributed by atoms with Gasteiger partial charge in [0.15, 0.2) is 4.91 Å². The molecule has 0 spiro atoms. The van der Waals surface area contributed by atoms with E-state index in [-0.39, 0.29) is 0 Å². The van der Waals surface area contributed by atoms with Crippen molar-refractivity contribution in [3.8, 4) is 11.8 Å². The predicted molar refractivity (Wildman–Crippen MR) is 90.6 cm³/mol. The molecular formula is C16H13ClN2O3S. The van der Waals surface area contributed by atoms with Crippen LogP contribution in [0.5, 0.6) is 5.75 Å². The Hall–Kier alpha value is -2.49. The molecule has 0 unspecified atom stereocenters. The number of methoxy groups -OCH3 is 1. The number of allylic oxidation sites excluding steroid dienone is 1. The van der Waals surface area contributed by atoms with Crippen LogP contribution >= 0.6 is 11.6 Å². The molecular weight excluding hydrogens is 336 g/mol. The van der Waals surface area contributed by atoms with Gasteiger partial charge >= 0.3 is 0 Å². The Balaban J connectivity index is 2.28. The fourth-order valence-corrected chi connectivity index (χ4v) is 2.84. The summed E-state index contributed by atoms with van der Waals surface area (Å²) in [5.74, 6) is 0.602. The van der Waals surface area contributed by atoms with Gasteiger partial charge in [-0.05, 0) is 48.0 Å². The maximum atomic E-state index is 12.3. The van der Waals surface area contributed by atoms with Crippen molar-refractivity contribution in [3.05, 3.63) is 64.0 Å². The number of hydrogen-bond donors (Lipinski definition) is 1. The zero-order valence-electron chi connectivity index (χ0n) is 12.2. The standard InChI is InChI=1S/C16H13ClN2O3S/c1-22-15-8-6-14(7-9-15)19-23(20,21)16(11-18)10-12-2-4-13(17)5-3-12/h2-10,19H,1H3. The molecule has 2 aromatic carbocycles. The number of halogens is 1. The molecule has 0 heterocycles. The van der Waals surface area contributed by atoms with Crippen molar-refractivity contribution in [2.75, 3.05) is 11.8 Å². The molecule has 118 valence electrons. The Labute approximate surface area is 139 Å². The van der Waals surface area contributed by atoms with Crippen molar-refractivity contribution < 1.29 is 13.2 Å². The van der Waals surface area contributed by atoms with Gasteiger partial charge in [0.05, 0.1) is 7.11 Å². The van der Waals surface area contributed by atoms with E-state index in [0.717, 1.165) is 0 Å². The molecule has 0 aliphatic rings. The van der Waals surface area contributed by atoms with Gasteiger partial charge in [-0.3, -0.25) is 4.72 Å². The van der Waals surface area contributed by atoms with Gasteiger partial charge in [-0.25, -0.2) is 8.42 Å². The van der Waals surface area contributed by atoms with Crippen LogP contribution < -0.4 is 9.46 Å². The third-order valence-electron chi connectivity index (χ3n) is 2.91. The van der Waals surface area contributed by atoms with E-state index in [1.165, 1.54) is 13.2 Å². The number of nitriles is 1. The molecule has 0 saturated heterocycles. The first-order valence-electron chi connectivity index (χ1n) is 6.49. The summed E-state index contributed by atoms with van der Waals surface area (Å²) in [6.07, 6.45) is 1.28. The van der Waals surface area contributed by atoms with E-state index in [1.807, 2.05) is 0 Å². The fourth-order valence-electron chi connectivity index (χ4n) is 1.75. The van der Waals surface area contributed by atoms with Gasteiger partial charge in [0.2, 0.25) is 0 Å². The third-order valence-corrected chi connectivity index (χ3v) is 4.45. The minimum atomic E-state index is -3.98. The van der Waals surface area contributed by atoms with E-state index >= 15 is 0 Å². The molecule has 7 heteroatoms. The Morgan fingerprint density at radius 1 is 1.17 bits per heavy atom. The van der Waals surface area contributed by atoms with Crippen LogP contribution in [0.25, 0.3) is 6.08 Å². The van der Waals surface area contributed by atoms with Crippen molar-refractivity contribution in [1.82, 2.24) is 0 Å². The lowest BCUT2D eigenvalue weighted by atomic mass is 10.2. The highest BCUT2D eigenvalue weighted by molar-refractivity contribution is 7.96. The van der Waals surface area contributed by atoms with Gasteiger partial charge in [0.25, 0.3) is 10.0 Å². The molecule has 0 amide bonds. The van der Waals surface area contributed by atoms with Gasteiger partial charge in [0.1, 0.15) is 11.8 Å². The Kier molecular flexibility index (Phi) is 5.27. The van der Waals surface area contributed by atoms with E-state index in [4.69, 9.17) is 21.6 Å². The molecule has 5 nitrogen and oxygen atoms in total. The van der Waals surface area contributed by atoms with Gasteiger partial charge in [0, 0.05) is 10.7 Å². The molecule has 0 radical (unpaired) electrons. The molecule has 0 aliphatic carbocycles. The van der Waals surface area contributed by atoms with Crippen molar-refractivity contribution in [1.29, 1.82) is 5.26 Å². The molecule has 0 aliphatic heterocycles. The molecule has 0 aromatic heterocycles. The van der Waals surface area contributed by atoms with E-state index in [1.54, 1.807) is 54.6 Å². The average molecular weight is 349 g/mol. The minimum absolute atomic E-state index is 0.336. The summed E-state index contributed by atoms with van der Waals surface area (Å²) in [4.78, 5) is -0.393. The molecule has 0 bridgehead atoms. The van der Waals surface area contributed by atoms with Crippen LogP contribution in [-0.4, -0.2) is 15.5 Å². The summed E-state index contributed by atoms with van der Waals surface area (Å²) in [6, 6.07) is 14.5. The third kappa shape index (κ3) is 4.49. The highest BCUT2D eigenvalue weighted by Crippen LogP contribution is 2.20. The van der Waals surface area contributed by atoms with Crippen molar-refractivity contribution >= 4 is 33.4 Å². The second kappa shape index (κ2) is 7.18. The largest absolute Gasteiger partial charge is 0.497 e. The van der Waals surface area contributed by atoms with Gasteiger partial charge < -0.3 is 4.74 Å². The topological polar surface area (TPSA) is 79.2 Å². The van der Waals surface area contributed by atoms with E-state index < -0.39 is 14.9 Å². The number of nitrogens with one attached hydrogen (secondary N) is 1. The monoisotopic (exact) mass is 348 g/mol. The van der Waals surface area contributed by atoms with E-state index in [2.05, 4.69) is 4.72 Å². The summed E-state index contributed by atoms with van der Waals surface area (Å²) in [5, 5.41) is 9.68. The maximum Gasteiger partial charge on any atom is 0.272 e. The van der Waals surface area contributed by atoms with Gasteiger partial charge in [-0.1, -0.05) is 23.7 Å². The molecule has 23 heavy (non-hydrogen) atoms. The number of ether oxygens (including phenoxy) is 1. The smallest absolute Gasteiger partial charge is 0.272 e. The van der Waals surface area contributed by atoms with Crippen molar-refractivity contribution in [2.45, 2.75) is 0 Å². The normalized spacial score (nSPS) is 11.6. The number of sulfonamides is 1. The lowest BCUT2D eigenvalue weighted by molar-refractivity contribution is 0.415. The highest BCUT2D eigenvalue weighted by Gasteiger charge is 2.17. The zero-order chi connectivity index (χ0) is 16.9. The summed E-state index contributed by atoms with van der Waals surface area (Å²) in [6.45, 7) is 0. The quantitative estimate of drug-likeness (QED) is 0.836. The minimum Gasteiger partial charge on any atom is -0.497 e. The summed E-state index contributed by atoms with van der Waals surface area (Å²) < 4.78 is 32.0. The van der Waals surface area contributed by atoms with Crippen LogP contribution in [0.3, 0.4) is 0 Å². The summed E-state index contributed by atoms with van der Waals surface area (Å²) in [5.41, 5.74) is 0.897. The lowest BCUT2D eigenvalue weighted by Crippen LogP contribution is -2.14. The molecule has 2 aromatic rings. The molecule has 0 atom stereocenters. The van der Waals surface area contributed by atoms with E-state index in [9.17, 15) is 8.42 Å². The Bertz CT molecular complexity index is 852. The number of benzene rings is 2. The predicted octanol–water partition coefficient (Wildman–Crippen LogP) is 3.65. The maximum absolute atomic E-state index is 12.3. The molecule has 0 fully saturated rings. The van der Waals surface area contributed by atoms with Crippen molar-refractivity contribution in [2.24, 2.45) is 0 Å². The second-order valence-corrected chi connectivity index (χ2v) is 6.59. The summed E-state index contributed by atoms with van der Waals surface area (Å²) in [7, 11) is -2.46. The van der Waals surface area contributed by atoms with Crippen LogP contribution in [0.4, 0.5) is 5.69 Å². The number of nitrogens with zero attached hydrogens (tertiary/aromatic N) is 1. The molecule has 2 rings (SSSR count). The van der Waals surface area contributed by atoms with Crippen LogP contribution in [0, 0.1) is 11.3 Å². The Morgan fingerprint density at radius 2 is 1.78 bits per heavy atom. The average Bonchev–Trinajstić information content (AvgIpc) is 2.54. The molecule has 0 saturated carbocycles. The summed E-state index contributed by atoms with van der Waals surface area (Å²) >= 11 is 5.78. The first-order valence-corrected chi connectivity index (χ1v) is 8.35. The highest BCUT2D eigenvalue weighted by atomic mass is 35.5. The van der Waals surface area contributed by atoms with E-state index in [0.29, 0.717) is 22.0 Å². The van der Waals surface area contributed by atoms with Crippen LogP contribution in [0.1, 0.15) is 5.56 Å².